The van der Waals surface area contributed by atoms with E-state index in [0.717, 1.165) is 22.4 Å². The van der Waals surface area contributed by atoms with Gasteiger partial charge in [0.15, 0.2) is 0 Å². The van der Waals surface area contributed by atoms with Crippen molar-refractivity contribution in [1.29, 1.82) is 0 Å². The average Bonchev–Trinajstić information content (AvgIpc) is 2.91. The van der Waals surface area contributed by atoms with Crippen LogP contribution in [-0.2, 0) is 0 Å². The van der Waals surface area contributed by atoms with Crippen LogP contribution in [0.1, 0.15) is 17.5 Å². The smallest absolute Gasteiger partial charge is 0.216 e. The molecule has 0 saturated carbocycles. The summed E-state index contributed by atoms with van der Waals surface area (Å²) in [5.74, 6) is 1.27. The fraction of sp³-hybridized carbons (Fsp3) is 0.200. The second-order valence-corrected chi connectivity index (χ2v) is 4.97. The minimum atomic E-state index is -0.187. The van der Waals surface area contributed by atoms with E-state index in [4.69, 9.17) is 20.8 Å². The van der Waals surface area contributed by atoms with Gasteiger partial charge in [-0.1, -0.05) is 11.6 Å². The minimum absolute atomic E-state index is 0.187. The minimum Gasteiger partial charge on any atom is -0.481 e. The Morgan fingerprint density at radius 1 is 1.24 bits per heavy atom. The molecular formula is C15H14ClN3O2. The van der Waals surface area contributed by atoms with Gasteiger partial charge in [-0.15, -0.1) is 0 Å². The number of furan rings is 1. The molecule has 0 fully saturated rings. The molecule has 0 saturated heterocycles. The van der Waals surface area contributed by atoms with Gasteiger partial charge in [0, 0.05) is 16.5 Å². The first-order valence-electron chi connectivity index (χ1n) is 6.43. The Bertz CT molecular complexity index is 772. The summed E-state index contributed by atoms with van der Waals surface area (Å²) in [7, 11) is 3.42. The molecule has 1 aromatic carbocycles. The van der Waals surface area contributed by atoms with Crippen molar-refractivity contribution >= 4 is 22.6 Å². The lowest BCUT2D eigenvalue weighted by Gasteiger charge is -2.13. The fourth-order valence-electron chi connectivity index (χ4n) is 2.24. The van der Waals surface area contributed by atoms with Gasteiger partial charge in [0.05, 0.1) is 12.8 Å². The lowest BCUT2D eigenvalue weighted by Crippen LogP contribution is -2.18. The number of nitrogens with one attached hydrogen (secondary N) is 1. The standard InChI is InChI=1S/C15H14ClN3O2/c1-17-15(11-7-14(20-2)19-8-18-11)13-6-9-5-10(16)3-4-12(9)21-13/h3-8,15,17H,1-2H3. The summed E-state index contributed by atoms with van der Waals surface area (Å²) in [4.78, 5) is 8.30. The number of hydrogen-bond donors (Lipinski definition) is 1. The highest BCUT2D eigenvalue weighted by Gasteiger charge is 2.19. The van der Waals surface area contributed by atoms with Gasteiger partial charge in [0.25, 0.3) is 0 Å². The molecule has 1 N–H and O–H groups in total. The van der Waals surface area contributed by atoms with Crippen molar-refractivity contribution in [3.05, 3.63) is 53.1 Å². The third kappa shape index (κ3) is 2.70. The van der Waals surface area contributed by atoms with Crippen LogP contribution in [0.15, 0.2) is 41.1 Å². The number of ether oxygens (including phenoxy) is 1. The van der Waals surface area contributed by atoms with Crippen molar-refractivity contribution in [2.75, 3.05) is 14.2 Å². The summed E-state index contributed by atoms with van der Waals surface area (Å²) in [6, 6.07) is 9.08. The van der Waals surface area contributed by atoms with Crippen LogP contribution in [0.2, 0.25) is 5.02 Å². The van der Waals surface area contributed by atoms with E-state index in [0.29, 0.717) is 10.9 Å². The van der Waals surface area contributed by atoms with E-state index in [1.165, 1.54) is 6.33 Å². The van der Waals surface area contributed by atoms with E-state index in [9.17, 15) is 0 Å². The lowest BCUT2D eigenvalue weighted by molar-refractivity contribution is 0.394. The predicted molar refractivity (Wildman–Crippen MR) is 80.7 cm³/mol. The largest absolute Gasteiger partial charge is 0.481 e. The van der Waals surface area contributed by atoms with Crippen LogP contribution in [0.3, 0.4) is 0 Å². The molecule has 0 bridgehead atoms. The number of rotatable bonds is 4. The van der Waals surface area contributed by atoms with Gasteiger partial charge in [-0.25, -0.2) is 9.97 Å². The maximum Gasteiger partial charge on any atom is 0.216 e. The number of benzene rings is 1. The van der Waals surface area contributed by atoms with Crippen LogP contribution < -0.4 is 10.1 Å². The van der Waals surface area contributed by atoms with Gasteiger partial charge in [0.1, 0.15) is 23.7 Å². The van der Waals surface area contributed by atoms with Crippen molar-refractivity contribution in [3.63, 3.8) is 0 Å². The number of hydrogen-bond acceptors (Lipinski definition) is 5. The molecular weight excluding hydrogens is 290 g/mol. The normalized spacial score (nSPS) is 12.5. The highest BCUT2D eigenvalue weighted by atomic mass is 35.5. The molecule has 0 radical (unpaired) electrons. The summed E-state index contributed by atoms with van der Waals surface area (Å²) < 4.78 is 11.0. The molecule has 2 heterocycles. The highest BCUT2D eigenvalue weighted by molar-refractivity contribution is 6.31. The molecule has 1 atom stereocenters. The summed E-state index contributed by atoms with van der Waals surface area (Å²) in [5.41, 5.74) is 1.56. The van der Waals surface area contributed by atoms with Crippen molar-refractivity contribution < 1.29 is 9.15 Å². The molecule has 2 aromatic heterocycles. The Kier molecular flexibility index (Phi) is 3.77. The van der Waals surface area contributed by atoms with Crippen molar-refractivity contribution in [2.24, 2.45) is 0 Å². The zero-order valence-corrected chi connectivity index (χ0v) is 12.4. The Morgan fingerprint density at radius 2 is 2.10 bits per heavy atom. The molecule has 0 aliphatic carbocycles. The Balaban J connectivity index is 2.04. The van der Waals surface area contributed by atoms with Crippen LogP contribution >= 0.6 is 11.6 Å². The first-order valence-corrected chi connectivity index (χ1v) is 6.81. The summed E-state index contributed by atoms with van der Waals surface area (Å²) in [6.45, 7) is 0. The molecule has 3 aromatic rings. The maximum atomic E-state index is 6.00. The Morgan fingerprint density at radius 3 is 2.86 bits per heavy atom. The van der Waals surface area contributed by atoms with Gasteiger partial charge in [-0.2, -0.15) is 0 Å². The van der Waals surface area contributed by atoms with E-state index >= 15 is 0 Å². The molecule has 5 nitrogen and oxygen atoms in total. The predicted octanol–water partition coefficient (Wildman–Crippen LogP) is 3.19. The summed E-state index contributed by atoms with van der Waals surface area (Å²) in [5, 5.41) is 4.83. The Labute approximate surface area is 126 Å². The molecule has 1 unspecified atom stereocenters. The number of nitrogens with zero attached hydrogens (tertiary/aromatic N) is 2. The maximum absolute atomic E-state index is 6.00. The van der Waals surface area contributed by atoms with Crippen LogP contribution in [0.5, 0.6) is 5.88 Å². The second kappa shape index (κ2) is 5.71. The molecule has 0 aliphatic rings. The average molecular weight is 304 g/mol. The van der Waals surface area contributed by atoms with E-state index in [1.54, 1.807) is 19.2 Å². The van der Waals surface area contributed by atoms with E-state index < -0.39 is 0 Å². The molecule has 0 spiro atoms. The summed E-state index contributed by atoms with van der Waals surface area (Å²) >= 11 is 6.00. The van der Waals surface area contributed by atoms with Crippen molar-refractivity contribution in [1.82, 2.24) is 15.3 Å². The van der Waals surface area contributed by atoms with Gasteiger partial charge in [0.2, 0.25) is 5.88 Å². The van der Waals surface area contributed by atoms with E-state index in [2.05, 4.69) is 15.3 Å². The highest BCUT2D eigenvalue weighted by Crippen LogP contribution is 2.29. The van der Waals surface area contributed by atoms with Gasteiger partial charge >= 0.3 is 0 Å². The van der Waals surface area contributed by atoms with E-state index in [1.807, 2.05) is 25.2 Å². The zero-order valence-electron chi connectivity index (χ0n) is 11.6. The van der Waals surface area contributed by atoms with Crippen LogP contribution in [0.25, 0.3) is 11.0 Å². The number of fused-ring (bicyclic) bond motifs is 1. The monoisotopic (exact) mass is 303 g/mol. The van der Waals surface area contributed by atoms with Crippen LogP contribution in [-0.4, -0.2) is 24.1 Å². The van der Waals surface area contributed by atoms with Gasteiger partial charge in [-0.05, 0) is 31.3 Å². The molecule has 21 heavy (non-hydrogen) atoms. The third-order valence-corrected chi connectivity index (χ3v) is 3.47. The summed E-state index contributed by atoms with van der Waals surface area (Å²) in [6.07, 6.45) is 1.47. The molecule has 3 rings (SSSR count). The third-order valence-electron chi connectivity index (χ3n) is 3.24. The van der Waals surface area contributed by atoms with Crippen molar-refractivity contribution in [3.8, 4) is 5.88 Å². The van der Waals surface area contributed by atoms with Crippen molar-refractivity contribution in [2.45, 2.75) is 6.04 Å². The fourth-order valence-corrected chi connectivity index (χ4v) is 2.42. The quantitative estimate of drug-likeness (QED) is 0.802. The zero-order chi connectivity index (χ0) is 14.8. The first-order chi connectivity index (χ1) is 10.2. The molecule has 0 aliphatic heterocycles. The van der Waals surface area contributed by atoms with Gasteiger partial charge in [-0.3, -0.25) is 0 Å². The van der Waals surface area contributed by atoms with E-state index in [-0.39, 0.29) is 6.04 Å². The first kappa shape index (κ1) is 13.9. The van der Waals surface area contributed by atoms with Crippen LogP contribution in [0.4, 0.5) is 0 Å². The topological polar surface area (TPSA) is 60.2 Å². The Hall–Kier alpha value is -2.11. The number of methoxy groups -OCH3 is 1. The van der Waals surface area contributed by atoms with Gasteiger partial charge < -0.3 is 14.5 Å². The van der Waals surface area contributed by atoms with Crippen LogP contribution in [0, 0.1) is 0 Å². The molecule has 108 valence electrons. The SMILES string of the molecule is CNC(c1cc(OC)ncn1)c1cc2cc(Cl)ccc2o1. The second-order valence-electron chi connectivity index (χ2n) is 4.54. The number of halogens is 1. The molecule has 6 heteroatoms. The molecule has 0 amide bonds. The lowest BCUT2D eigenvalue weighted by atomic mass is 10.1. The number of aromatic nitrogens is 2.